The molecule has 0 saturated carbocycles. The monoisotopic (exact) mass is 433 g/mol. The first kappa shape index (κ1) is 21.6. The summed E-state index contributed by atoms with van der Waals surface area (Å²) in [5.41, 5.74) is 4.89. The van der Waals surface area contributed by atoms with Gasteiger partial charge in [-0.15, -0.1) is 0 Å². The van der Waals surface area contributed by atoms with Crippen LogP contribution in [0, 0.1) is 13.8 Å². The Morgan fingerprint density at radius 2 is 1.81 bits per heavy atom. The predicted molar refractivity (Wildman–Crippen MR) is 121 cm³/mol. The molecule has 166 valence electrons. The number of aromatic amines is 1. The quantitative estimate of drug-likeness (QED) is 0.594. The van der Waals surface area contributed by atoms with Crippen molar-refractivity contribution in [1.29, 1.82) is 0 Å². The number of H-pyrrole nitrogens is 1. The third kappa shape index (κ3) is 4.66. The summed E-state index contributed by atoms with van der Waals surface area (Å²) in [5.74, 6) is -1.10. The molecular weight excluding hydrogens is 406 g/mol. The van der Waals surface area contributed by atoms with E-state index in [9.17, 15) is 19.5 Å². The van der Waals surface area contributed by atoms with Crippen LogP contribution >= 0.6 is 0 Å². The van der Waals surface area contributed by atoms with Crippen molar-refractivity contribution < 1.29 is 19.5 Å². The topological polar surface area (TPSA) is 93.7 Å². The van der Waals surface area contributed by atoms with Crippen molar-refractivity contribution >= 4 is 28.7 Å². The number of Topliss-reactive ketones (excluding diaryl/α,β-unsaturated/α-hetero) is 1. The minimum absolute atomic E-state index is 0.0160. The van der Waals surface area contributed by atoms with Gasteiger partial charge in [-0.25, -0.2) is 4.79 Å². The Balaban J connectivity index is 1.47. The van der Waals surface area contributed by atoms with Gasteiger partial charge < -0.3 is 19.9 Å². The average molecular weight is 434 g/mol. The standard InChI is InChI=1S/C25H27N3O4/c1-16-9-17(2)11-19(10-16)13-23(29)22-6-8-28(22)25(32)27(15-24(30)31)14-18-3-4-20-5-7-26-21(20)12-18/h3-5,7,9-12,22,26H,6,8,13-15H2,1-2H3,(H,30,31). The van der Waals surface area contributed by atoms with E-state index in [0.717, 1.165) is 33.2 Å². The van der Waals surface area contributed by atoms with Gasteiger partial charge in [0.2, 0.25) is 0 Å². The highest BCUT2D eigenvalue weighted by Crippen LogP contribution is 2.24. The van der Waals surface area contributed by atoms with Crippen LogP contribution in [0.25, 0.3) is 10.9 Å². The Morgan fingerprint density at radius 1 is 1.06 bits per heavy atom. The molecule has 0 aliphatic carbocycles. The molecule has 2 aromatic carbocycles. The number of urea groups is 1. The molecule has 1 fully saturated rings. The highest BCUT2D eigenvalue weighted by molar-refractivity contribution is 5.92. The van der Waals surface area contributed by atoms with Crippen LogP contribution in [-0.2, 0) is 22.6 Å². The second-order valence-electron chi connectivity index (χ2n) is 8.57. The van der Waals surface area contributed by atoms with E-state index >= 15 is 0 Å². The maximum absolute atomic E-state index is 13.2. The number of likely N-dealkylation sites (tertiary alicyclic amines) is 1. The van der Waals surface area contributed by atoms with E-state index in [0.29, 0.717) is 13.0 Å². The number of carboxylic acids is 1. The molecule has 2 heterocycles. The van der Waals surface area contributed by atoms with Gasteiger partial charge in [-0.05, 0) is 48.9 Å². The summed E-state index contributed by atoms with van der Waals surface area (Å²) in [5, 5.41) is 10.4. The number of amides is 2. The van der Waals surface area contributed by atoms with Crippen molar-refractivity contribution in [3.63, 3.8) is 0 Å². The predicted octanol–water partition coefficient (Wildman–Crippen LogP) is 3.68. The highest BCUT2D eigenvalue weighted by atomic mass is 16.4. The van der Waals surface area contributed by atoms with E-state index < -0.39 is 24.6 Å². The number of aryl methyl sites for hydroxylation is 2. The Labute approximate surface area is 186 Å². The lowest BCUT2D eigenvalue weighted by molar-refractivity contribution is -0.138. The molecule has 1 saturated heterocycles. The van der Waals surface area contributed by atoms with Crippen molar-refractivity contribution in [1.82, 2.24) is 14.8 Å². The average Bonchev–Trinajstić information content (AvgIpc) is 3.13. The molecule has 0 spiro atoms. The van der Waals surface area contributed by atoms with Gasteiger partial charge in [0.25, 0.3) is 0 Å². The van der Waals surface area contributed by atoms with E-state index in [-0.39, 0.29) is 18.7 Å². The summed E-state index contributed by atoms with van der Waals surface area (Å²) < 4.78 is 0. The zero-order valence-corrected chi connectivity index (χ0v) is 18.3. The number of nitrogens with zero attached hydrogens (tertiary/aromatic N) is 2. The number of nitrogens with one attached hydrogen (secondary N) is 1. The molecule has 1 aliphatic heterocycles. The SMILES string of the molecule is Cc1cc(C)cc(CC(=O)C2CCN2C(=O)N(CC(=O)O)Cc2ccc3cc[nH]c3c2)c1. The Kier molecular flexibility index (Phi) is 5.99. The molecule has 1 aromatic heterocycles. The van der Waals surface area contributed by atoms with Gasteiger partial charge >= 0.3 is 12.0 Å². The molecule has 0 radical (unpaired) electrons. The summed E-state index contributed by atoms with van der Waals surface area (Å²) in [6, 6.07) is 12.8. The number of carboxylic acid groups (broad SMARTS) is 1. The number of aliphatic carboxylic acids is 1. The molecule has 2 N–H and O–H groups in total. The number of hydrogen-bond acceptors (Lipinski definition) is 3. The number of hydrogen-bond donors (Lipinski definition) is 2. The second-order valence-corrected chi connectivity index (χ2v) is 8.57. The van der Waals surface area contributed by atoms with E-state index in [1.807, 2.05) is 56.4 Å². The van der Waals surface area contributed by atoms with Crippen LogP contribution in [0.5, 0.6) is 0 Å². The van der Waals surface area contributed by atoms with Crippen molar-refractivity contribution in [2.75, 3.05) is 13.1 Å². The van der Waals surface area contributed by atoms with E-state index in [1.165, 1.54) is 9.80 Å². The van der Waals surface area contributed by atoms with Gasteiger partial charge in [-0.3, -0.25) is 9.59 Å². The van der Waals surface area contributed by atoms with Crippen LogP contribution < -0.4 is 0 Å². The number of fused-ring (bicyclic) bond motifs is 1. The molecule has 1 atom stereocenters. The summed E-state index contributed by atoms with van der Waals surface area (Å²) in [6.07, 6.45) is 2.70. The summed E-state index contributed by atoms with van der Waals surface area (Å²) >= 11 is 0. The van der Waals surface area contributed by atoms with Gasteiger partial charge in [0.15, 0.2) is 5.78 Å². The molecule has 7 nitrogen and oxygen atoms in total. The zero-order chi connectivity index (χ0) is 22.8. The number of aromatic nitrogens is 1. The third-order valence-electron chi connectivity index (χ3n) is 5.89. The number of carbonyl (C=O) groups is 3. The summed E-state index contributed by atoms with van der Waals surface area (Å²) in [4.78, 5) is 43.5. The van der Waals surface area contributed by atoms with Crippen LogP contribution in [0.4, 0.5) is 4.79 Å². The molecule has 3 aromatic rings. The fraction of sp³-hybridized carbons (Fsp3) is 0.320. The van der Waals surface area contributed by atoms with Gasteiger partial charge in [0.05, 0.1) is 6.04 Å². The van der Waals surface area contributed by atoms with Gasteiger partial charge in [-0.2, -0.15) is 0 Å². The minimum atomic E-state index is -1.09. The zero-order valence-electron chi connectivity index (χ0n) is 18.3. The lowest BCUT2D eigenvalue weighted by atomic mass is 9.93. The summed E-state index contributed by atoms with van der Waals surface area (Å²) in [6.45, 7) is 4.18. The maximum Gasteiger partial charge on any atom is 0.323 e. The minimum Gasteiger partial charge on any atom is -0.480 e. The number of ketones is 1. The van der Waals surface area contributed by atoms with E-state index in [4.69, 9.17) is 0 Å². The Bertz CT molecular complexity index is 1160. The Morgan fingerprint density at radius 3 is 2.47 bits per heavy atom. The number of benzene rings is 2. The first-order valence-electron chi connectivity index (χ1n) is 10.7. The van der Waals surface area contributed by atoms with Crippen molar-refractivity contribution in [2.45, 2.75) is 39.3 Å². The van der Waals surface area contributed by atoms with Crippen LogP contribution in [0.2, 0.25) is 0 Å². The van der Waals surface area contributed by atoms with E-state index in [2.05, 4.69) is 11.1 Å². The molecule has 1 aliphatic rings. The van der Waals surface area contributed by atoms with Crippen LogP contribution in [0.15, 0.2) is 48.7 Å². The largest absolute Gasteiger partial charge is 0.480 e. The van der Waals surface area contributed by atoms with Crippen LogP contribution in [0.1, 0.15) is 28.7 Å². The highest BCUT2D eigenvalue weighted by Gasteiger charge is 2.39. The fourth-order valence-electron chi connectivity index (χ4n) is 4.39. The molecule has 4 rings (SSSR count). The van der Waals surface area contributed by atoms with Crippen molar-refractivity contribution in [2.24, 2.45) is 0 Å². The number of rotatable bonds is 7. The number of carbonyl (C=O) groups excluding carboxylic acids is 2. The Hall–Kier alpha value is -3.61. The molecule has 1 unspecified atom stereocenters. The van der Waals surface area contributed by atoms with E-state index in [1.54, 1.807) is 0 Å². The fourth-order valence-corrected chi connectivity index (χ4v) is 4.39. The molecule has 2 amide bonds. The lowest BCUT2D eigenvalue weighted by Gasteiger charge is -2.42. The third-order valence-corrected chi connectivity index (χ3v) is 5.89. The van der Waals surface area contributed by atoms with Crippen molar-refractivity contribution in [3.8, 4) is 0 Å². The molecule has 32 heavy (non-hydrogen) atoms. The van der Waals surface area contributed by atoms with Crippen LogP contribution in [0.3, 0.4) is 0 Å². The molecule has 0 bridgehead atoms. The first-order valence-corrected chi connectivity index (χ1v) is 10.7. The lowest BCUT2D eigenvalue weighted by Crippen LogP contribution is -2.59. The van der Waals surface area contributed by atoms with Gasteiger partial charge in [-0.1, -0.05) is 41.5 Å². The summed E-state index contributed by atoms with van der Waals surface area (Å²) in [7, 11) is 0. The van der Waals surface area contributed by atoms with Crippen molar-refractivity contribution in [3.05, 3.63) is 70.9 Å². The first-order chi connectivity index (χ1) is 15.3. The smallest absolute Gasteiger partial charge is 0.323 e. The van der Waals surface area contributed by atoms with Gasteiger partial charge in [0.1, 0.15) is 6.54 Å². The maximum atomic E-state index is 13.2. The van der Waals surface area contributed by atoms with Gasteiger partial charge in [0, 0.05) is 31.2 Å². The second kappa shape index (κ2) is 8.86. The van der Waals surface area contributed by atoms with Crippen LogP contribution in [-0.4, -0.2) is 56.8 Å². The molecule has 7 heteroatoms. The normalized spacial score (nSPS) is 15.4. The molecular formula is C25H27N3O4.